The number of rotatable bonds is 3. The normalized spacial score (nSPS) is 10.9. The predicted molar refractivity (Wildman–Crippen MR) is 81.6 cm³/mol. The Labute approximate surface area is 123 Å². The average molecular weight is 304 g/mol. The van der Waals surface area contributed by atoms with E-state index in [9.17, 15) is 4.79 Å². The zero-order valence-corrected chi connectivity index (χ0v) is 12.6. The summed E-state index contributed by atoms with van der Waals surface area (Å²) in [5, 5.41) is 7.37. The highest BCUT2D eigenvalue weighted by Gasteiger charge is 2.16. The fourth-order valence-corrected chi connectivity index (χ4v) is 3.46. The van der Waals surface area contributed by atoms with Crippen molar-refractivity contribution in [3.8, 4) is 0 Å². The summed E-state index contributed by atoms with van der Waals surface area (Å²) < 4.78 is 4.89. The molecule has 0 unspecified atom stereocenters. The number of benzene rings is 1. The van der Waals surface area contributed by atoms with E-state index in [1.54, 1.807) is 0 Å². The molecule has 20 heavy (non-hydrogen) atoms. The fourth-order valence-electron chi connectivity index (χ4n) is 1.85. The van der Waals surface area contributed by atoms with Gasteiger partial charge >= 0.3 is 0 Å². The van der Waals surface area contributed by atoms with Gasteiger partial charge in [0.05, 0.1) is 15.9 Å². The Balaban J connectivity index is 1.87. The van der Waals surface area contributed by atoms with Crippen LogP contribution in [-0.4, -0.2) is 20.5 Å². The number of aromatic nitrogens is 3. The lowest BCUT2D eigenvalue weighted by molar-refractivity contribution is 0.102. The molecule has 0 saturated heterocycles. The number of aryl methyl sites for hydroxylation is 2. The molecule has 0 aliphatic rings. The molecule has 2 heterocycles. The van der Waals surface area contributed by atoms with Gasteiger partial charge in [-0.15, -0.1) is 5.10 Å². The van der Waals surface area contributed by atoms with Crippen molar-refractivity contribution in [2.75, 3.05) is 5.32 Å². The Hall–Kier alpha value is -1.86. The van der Waals surface area contributed by atoms with Gasteiger partial charge in [0.1, 0.15) is 4.88 Å². The largest absolute Gasteiger partial charge is 0.297 e. The molecule has 0 bridgehead atoms. The van der Waals surface area contributed by atoms with Crippen LogP contribution in [0.25, 0.3) is 10.2 Å². The van der Waals surface area contributed by atoms with Gasteiger partial charge in [-0.25, -0.2) is 4.98 Å². The topological polar surface area (TPSA) is 67.8 Å². The van der Waals surface area contributed by atoms with E-state index in [-0.39, 0.29) is 5.91 Å². The van der Waals surface area contributed by atoms with Gasteiger partial charge in [0.25, 0.3) is 5.91 Å². The third-order valence-corrected chi connectivity index (χ3v) is 4.56. The van der Waals surface area contributed by atoms with E-state index in [1.165, 1.54) is 16.9 Å². The first-order chi connectivity index (χ1) is 9.67. The molecule has 0 atom stereocenters. The molecular weight excluding hydrogens is 292 g/mol. The van der Waals surface area contributed by atoms with Crippen LogP contribution < -0.4 is 5.32 Å². The number of anilines is 1. The fraction of sp³-hybridized carbons (Fsp3) is 0.231. The molecule has 0 radical (unpaired) electrons. The second-order valence-electron chi connectivity index (χ2n) is 4.35. The van der Waals surface area contributed by atoms with Crippen molar-refractivity contribution in [1.82, 2.24) is 14.6 Å². The summed E-state index contributed by atoms with van der Waals surface area (Å²) in [7, 11) is 0. The summed E-state index contributed by atoms with van der Waals surface area (Å²) in [6, 6.07) is 6.03. The molecule has 0 saturated carbocycles. The highest BCUT2D eigenvalue weighted by molar-refractivity contribution is 7.22. The second kappa shape index (κ2) is 5.26. The molecule has 1 aromatic carbocycles. The quantitative estimate of drug-likeness (QED) is 0.806. The Kier molecular flexibility index (Phi) is 3.45. The highest BCUT2D eigenvalue weighted by atomic mass is 32.1. The number of thiazole rings is 1. The van der Waals surface area contributed by atoms with Crippen molar-refractivity contribution in [2.45, 2.75) is 20.3 Å². The van der Waals surface area contributed by atoms with E-state index < -0.39 is 0 Å². The number of nitrogens with zero attached hydrogens (tertiary/aromatic N) is 3. The third kappa shape index (κ3) is 2.41. The van der Waals surface area contributed by atoms with Gasteiger partial charge in [-0.1, -0.05) is 28.8 Å². The van der Waals surface area contributed by atoms with E-state index in [1.807, 2.05) is 26.0 Å². The van der Waals surface area contributed by atoms with Crippen LogP contribution in [0, 0.1) is 6.92 Å². The molecule has 5 nitrogen and oxygen atoms in total. The van der Waals surface area contributed by atoms with Crippen molar-refractivity contribution in [1.29, 1.82) is 0 Å². The van der Waals surface area contributed by atoms with Gasteiger partial charge in [-0.2, -0.15) is 0 Å². The average Bonchev–Trinajstić information content (AvgIpc) is 3.03. The van der Waals surface area contributed by atoms with Crippen LogP contribution in [0.4, 0.5) is 5.13 Å². The number of carbonyl (C=O) groups excluding carboxylic acids is 1. The summed E-state index contributed by atoms with van der Waals surface area (Å²) in [6.07, 6.45) is 0.693. The number of fused-ring (bicyclic) bond motifs is 1. The van der Waals surface area contributed by atoms with Crippen molar-refractivity contribution in [2.24, 2.45) is 0 Å². The lowest BCUT2D eigenvalue weighted by Crippen LogP contribution is -2.12. The number of amides is 1. The molecule has 1 N–H and O–H groups in total. The number of hydrogen-bond donors (Lipinski definition) is 1. The maximum absolute atomic E-state index is 12.2. The molecule has 3 aromatic rings. The van der Waals surface area contributed by atoms with E-state index >= 15 is 0 Å². The lowest BCUT2D eigenvalue weighted by Gasteiger charge is -1.98. The van der Waals surface area contributed by atoms with Crippen molar-refractivity contribution in [3.63, 3.8) is 0 Å². The molecule has 1 amide bonds. The smallest absolute Gasteiger partial charge is 0.271 e. The molecule has 2 aromatic heterocycles. The maximum Gasteiger partial charge on any atom is 0.271 e. The van der Waals surface area contributed by atoms with Gasteiger partial charge in [0.2, 0.25) is 0 Å². The van der Waals surface area contributed by atoms with Crippen LogP contribution in [0.1, 0.15) is 27.9 Å². The van der Waals surface area contributed by atoms with Gasteiger partial charge in [0, 0.05) is 0 Å². The first kappa shape index (κ1) is 13.1. The molecular formula is C13H12N4OS2. The molecule has 7 heteroatoms. The summed E-state index contributed by atoms with van der Waals surface area (Å²) in [5.74, 6) is -0.187. The third-order valence-electron chi connectivity index (χ3n) is 2.86. The Morgan fingerprint density at radius 3 is 3.05 bits per heavy atom. The van der Waals surface area contributed by atoms with Gasteiger partial charge < -0.3 is 0 Å². The van der Waals surface area contributed by atoms with Crippen LogP contribution >= 0.6 is 22.9 Å². The minimum atomic E-state index is -0.187. The van der Waals surface area contributed by atoms with E-state index in [4.69, 9.17) is 0 Å². The molecule has 0 spiro atoms. The van der Waals surface area contributed by atoms with E-state index in [0.717, 1.165) is 27.4 Å². The monoisotopic (exact) mass is 304 g/mol. The molecule has 0 fully saturated rings. The van der Waals surface area contributed by atoms with E-state index in [2.05, 4.69) is 26.0 Å². The number of hydrogen-bond acceptors (Lipinski definition) is 6. The van der Waals surface area contributed by atoms with Crippen LogP contribution in [0.2, 0.25) is 0 Å². The van der Waals surface area contributed by atoms with Crippen LogP contribution in [0.3, 0.4) is 0 Å². The second-order valence-corrected chi connectivity index (χ2v) is 6.13. The standard InChI is InChI=1S/C13H12N4OS2/c1-3-8-11(20-17-16-8)12(18)15-13-14-9-5-4-7(2)6-10(9)19-13/h4-6H,3H2,1-2H3,(H,14,15,18). The molecule has 0 aliphatic carbocycles. The van der Waals surface area contributed by atoms with Gasteiger partial charge in [-0.3, -0.25) is 10.1 Å². The van der Waals surface area contributed by atoms with Gasteiger partial charge in [0.15, 0.2) is 5.13 Å². The zero-order valence-electron chi connectivity index (χ0n) is 11.0. The summed E-state index contributed by atoms with van der Waals surface area (Å²) in [4.78, 5) is 17.2. The van der Waals surface area contributed by atoms with Crippen LogP contribution in [-0.2, 0) is 6.42 Å². The molecule has 102 valence electrons. The van der Waals surface area contributed by atoms with Crippen molar-refractivity contribution < 1.29 is 4.79 Å². The number of nitrogens with one attached hydrogen (secondary N) is 1. The SMILES string of the molecule is CCc1nnsc1C(=O)Nc1nc2ccc(C)cc2s1. The van der Waals surface area contributed by atoms with Crippen molar-refractivity contribution in [3.05, 3.63) is 34.3 Å². The summed E-state index contributed by atoms with van der Waals surface area (Å²) in [6.45, 7) is 3.99. The first-order valence-corrected chi connectivity index (χ1v) is 7.76. The Bertz CT molecular complexity index is 778. The van der Waals surface area contributed by atoms with Crippen LogP contribution in [0.5, 0.6) is 0 Å². The minimum absolute atomic E-state index is 0.187. The predicted octanol–water partition coefficient (Wildman–Crippen LogP) is 3.27. The lowest BCUT2D eigenvalue weighted by atomic mass is 10.2. The maximum atomic E-state index is 12.2. The zero-order chi connectivity index (χ0) is 14.1. The van der Waals surface area contributed by atoms with E-state index in [0.29, 0.717) is 16.4 Å². The van der Waals surface area contributed by atoms with Gasteiger partial charge in [-0.05, 0) is 42.6 Å². The molecule has 0 aliphatic heterocycles. The highest BCUT2D eigenvalue weighted by Crippen LogP contribution is 2.27. The molecule has 3 rings (SSSR count). The number of carbonyl (C=O) groups is 1. The first-order valence-electron chi connectivity index (χ1n) is 6.17. The van der Waals surface area contributed by atoms with Crippen molar-refractivity contribution >= 4 is 44.1 Å². The summed E-state index contributed by atoms with van der Waals surface area (Å²) >= 11 is 2.59. The minimum Gasteiger partial charge on any atom is -0.297 e. The summed E-state index contributed by atoms with van der Waals surface area (Å²) in [5.41, 5.74) is 2.80. The Morgan fingerprint density at radius 2 is 2.25 bits per heavy atom. The van der Waals surface area contributed by atoms with Crippen LogP contribution in [0.15, 0.2) is 18.2 Å². The Morgan fingerprint density at radius 1 is 1.40 bits per heavy atom.